The van der Waals surface area contributed by atoms with Gasteiger partial charge in [-0.2, -0.15) is 5.10 Å². The van der Waals surface area contributed by atoms with E-state index in [1.807, 2.05) is 20.8 Å². The predicted molar refractivity (Wildman–Crippen MR) is 75.2 cm³/mol. The van der Waals surface area contributed by atoms with Gasteiger partial charge in [-0.3, -0.25) is 14.7 Å². The molecule has 1 aromatic rings. The van der Waals surface area contributed by atoms with Gasteiger partial charge in [0.1, 0.15) is 6.54 Å². The Labute approximate surface area is 118 Å². The Bertz CT molecular complexity index is 482. The number of aryl methyl sites for hydroxylation is 1. The molecular weight excluding hydrogens is 260 g/mol. The summed E-state index contributed by atoms with van der Waals surface area (Å²) in [6.45, 7) is 7.44. The maximum atomic E-state index is 12.4. The molecule has 1 aromatic heterocycles. The van der Waals surface area contributed by atoms with E-state index in [4.69, 9.17) is 10.5 Å². The van der Waals surface area contributed by atoms with Gasteiger partial charge in [-0.25, -0.2) is 0 Å². The molecule has 1 amide bonds. The van der Waals surface area contributed by atoms with Gasteiger partial charge in [-0.1, -0.05) is 6.92 Å². The average Bonchev–Trinajstić information content (AvgIpc) is 2.76. The van der Waals surface area contributed by atoms with E-state index in [-0.39, 0.29) is 30.8 Å². The van der Waals surface area contributed by atoms with Crippen LogP contribution in [-0.4, -0.2) is 46.2 Å². The fourth-order valence-corrected chi connectivity index (χ4v) is 1.79. The number of nitrogens with two attached hydrogens (primary N) is 1. The highest BCUT2D eigenvalue weighted by Gasteiger charge is 2.26. The zero-order chi connectivity index (χ0) is 15.3. The van der Waals surface area contributed by atoms with Crippen molar-refractivity contribution in [1.29, 1.82) is 0 Å². The summed E-state index contributed by atoms with van der Waals surface area (Å²) in [4.78, 5) is 25.4. The highest BCUT2D eigenvalue weighted by atomic mass is 16.5. The molecule has 7 nitrogen and oxygen atoms in total. The molecule has 0 unspecified atom stereocenters. The second kappa shape index (κ2) is 6.93. The van der Waals surface area contributed by atoms with Gasteiger partial charge in [0.25, 0.3) is 5.91 Å². The van der Waals surface area contributed by atoms with Gasteiger partial charge in [0, 0.05) is 6.04 Å². The number of nitrogens with zero attached hydrogens (tertiary/aromatic N) is 2. The minimum atomic E-state index is -0.445. The second-order valence-electron chi connectivity index (χ2n) is 4.65. The molecule has 0 radical (unpaired) electrons. The van der Waals surface area contributed by atoms with Crippen LogP contribution >= 0.6 is 0 Å². The lowest BCUT2D eigenvalue weighted by atomic mass is 10.2. The third-order valence-electron chi connectivity index (χ3n) is 2.93. The van der Waals surface area contributed by atoms with Crippen molar-refractivity contribution in [2.45, 2.75) is 40.2 Å². The summed E-state index contributed by atoms with van der Waals surface area (Å²) in [5.74, 6) is -0.819. The zero-order valence-electron chi connectivity index (χ0n) is 12.4. The lowest BCUT2D eigenvalue weighted by Crippen LogP contribution is -2.41. The van der Waals surface area contributed by atoms with E-state index in [9.17, 15) is 9.59 Å². The van der Waals surface area contributed by atoms with Gasteiger partial charge in [-0.15, -0.1) is 0 Å². The third kappa shape index (κ3) is 3.49. The molecule has 3 N–H and O–H groups in total. The molecular formula is C13H22N4O3. The van der Waals surface area contributed by atoms with Crippen LogP contribution < -0.4 is 5.73 Å². The summed E-state index contributed by atoms with van der Waals surface area (Å²) < 4.78 is 4.87. The van der Waals surface area contributed by atoms with Crippen LogP contribution in [0.2, 0.25) is 0 Å². The van der Waals surface area contributed by atoms with Crippen LogP contribution in [0.25, 0.3) is 0 Å². The number of nitrogens with one attached hydrogen (secondary N) is 1. The van der Waals surface area contributed by atoms with E-state index >= 15 is 0 Å². The monoisotopic (exact) mass is 282 g/mol. The zero-order valence-corrected chi connectivity index (χ0v) is 12.4. The van der Waals surface area contributed by atoms with E-state index in [0.29, 0.717) is 17.8 Å². The quantitative estimate of drug-likeness (QED) is 0.757. The summed E-state index contributed by atoms with van der Waals surface area (Å²) in [5, 5.41) is 6.69. The van der Waals surface area contributed by atoms with Crippen molar-refractivity contribution >= 4 is 17.6 Å². The first-order chi connectivity index (χ1) is 9.42. The molecule has 0 saturated carbocycles. The Morgan fingerprint density at radius 2 is 2.05 bits per heavy atom. The fourth-order valence-electron chi connectivity index (χ4n) is 1.79. The largest absolute Gasteiger partial charge is 0.465 e. The third-order valence-corrected chi connectivity index (χ3v) is 2.93. The Hall–Kier alpha value is -2.05. The number of aromatic amines is 1. The highest BCUT2D eigenvalue weighted by molar-refractivity contribution is 5.99. The second-order valence-corrected chi connectivity index (χ2v) is 4.65. The van der Waals surface area contributed by atoms with Gasteiger partial charge in [0.2, 0.25) is 0 Å². The van der Waals surface area contributed by atoms with Crippen molar-refractivity contribution in [2.75, 3.05) is 18.9 Å². The number of anilines is 1. The molecule has 0 atom stereocenters. The number of H-pyrrole nitrogens is 1. The van der Waals surface area contributed by atoms with Crippen molar-refractivity contribution in [3.8, 4) is 0 Å². The molecule has 7 heteroatoms. The number of amides is 1. The minimum absolute atomic E-state index is 0.113. The number of rotatable bonds is 6. The molecule has 0 aliphatic heterocycles. The van der Waals surface area contributed by atoms with E-state index in [1.54, 1.807) is 6.92 Å². The maximum absolute atomic E-state index is 12.4. The van der Waals surface area contributed by atoms with Gasteiger partial charge in [0.05, 0.1) is 18.0 Å². The van der Waals surface area contributed by atoms with Crippen LogP contribution in [0.5, 0.6) is 0 Å². The van der Waals surface area contributed by atoms with Crippen LogP contribution in [0.4, 0.5) is 5.69 Å². The van der Waals surface area contributed by atoms with Gasteiger partial charge >= 0.3 is 5.97 Å². The van der Waals surface area contributed by atoms with Crippen LogP contribution in [0, 0.1) is 0 Å². The summed E-state index contributed by atoms with van der Waals surface area (Å²) in [5.41, 5.74) is 7.09. The minimum Gasteiger partial charge on any atom is -0.465 e. The molecule has 0 saturated heterocycles. The number of carbonyl (C=O) groups is 2. The molecule has 1 heterocycles. The summed E-state index contributed by atoms with van der Waals surface area (Å²) in [7, 11) is 0. The summed E-state index contributed by atoms with van der Waals surface area (Å²) in [6.07, 6.45) is 0.658. The van der Waals surface area contributed by atoms with Crippen LogP contribution in [0.3, 0.4) is 0 Å². The average molecular weight is 282 g/mol. The standard InChI is InChI=1S/C13H22N4O3/c1-5-9-11(14)12(16-15-9)13(19)17(8(3)4)7-10(18)20-6-2/h8H,5-7,14H2,1-4H3,(H,15,16). The number of aromatic nitrogens is 2. The number of esters is 1. The molecule has 0 aromatic carbocycles. The molecule has 0 bridgehead atoms. The Morgan fingerprint density at radius 3 is 2.50 bits per heavy atom. The Balaban J connectivity index is 2.94. The highest BCUT2D eigenvalue weighted by Crippen LogP contribution is 2.17. The van der Waals surface area contributed by atoms with Crippen molar-refractivity contribution in [3.05, 3.63) is 11.4 Å². The van der Waals surface area contributed by atoms with E-state index in [0.717, 1.165) is 0 Å². The number of ether oxygens (including phenoxy) is 1. The molecule has 0 spiro atoms. The molecule has 112 valence electrons. The number of hydrogen-bond acceptors (Lipinski definition) is 5. The van der Waals surface area contributed by atoms with Crippen LogP contribution in [-0.2, 0) is 16.0 Å². The molecule has 20 heavy (non-hydrogen) atoms. The Kier molecular flexibility index (Phi) is 5.54. The van der Waals surface area contributed by atoms with E-state index in [1.165, 1.54) is 4.90 Å². The first kappa shape index (κ1) is 16.0. The predicted octanol–water partition coefficient (Wildman–Crippen LogP) is 0.968. The molecule has 0 aliphatic carbocycles. The SMILES string of the molecule is CCOC(=O)CN(C(=O)c1n[nH]c(CC)c1N)C(C)C. The lowest BCUT2D eigenvalue weighted by molar-refractivity contribution is -0.144. The molecule has 1 rings (SSSR count). The first-order valence-corrected chi connectivity index (χ1v) is 6.71. The van der Waals surface area contributed by atoms with Crippen LogP contribution in [0.1, 0.15) is 43.9 Å². The molecule has 0 fully saturated rings. The fraction of sp³-hybridized carbons (Fsp3) is 0.615. The van der Waals surface area contributed by atoms with Gasteiger partial charge < -0.3 is 15.4 Å². The summed E-state index contributed by atoms with van der Waals surface area (Å²) in [6, 6.07) is -0.159. The number of carbonyl (C=O) groups excluding carboxylic acids is 2. The smallest absolute Gasteiger partial charge is 0.325 e. The van der Waals surface area contributed by atoms with E-state index < -0.39 is 5.97 Å². The molecule has 0 aliphatic rings. The van der Waals surface area contributed by atoms with Crippen molar-refractivity contribution in [3.63, 3.8) is 0 Å². The van der Waals surface area contributed by atoms with Crippen molar-refractivity contribution in [1.82, 2.24) is 15.1 Å². The summed E-state index contributed by atoms with van der Waals surface area (Å²) >= 11 is 0. The van der Waals surface area contributed by atoms with Gasteiger partial charge in [0.15, 0.2) is 5.69 Å². The van der Waals surface area contributed by atoms with Crippen LogP contribution in [0.15, 0.2) is 0 Å². The van der Waals surface area contributed by atoms with Crippen molar-refractivity contribution < 1.29 is 14.3 Å². The number of nitrogen functional groups attached to an aromatic ring is 1. The topological polar surface area (TPSA) is 101 Å². The van der Waals surface area contributed by atoms with Crippen molar-refractivity contribution in [2.24, 2.45) is 0 Å². The first-order valence-electron chi connectivity index (χ1n) is 6.71. The maximum Gasteiger partial charge on any atom is 0.325 e. The normalized spacial score (nSPS) is 10.7. The lowest BCUT2D eigenvalue weighted by Gasteiger charge is -2.25. The number of hydrogen-bond donors (Lipinski definition) is 2. The Morgan fingerprint density at radius 1 is 1.40 bits per heavy atom. The van der Waals surface area contributed by atoms with E-state index in [2.05, 4.69) is 10.2 Å². The van der Waals surface area contributed by atoms with Gasteiger partial charge in [-0.05, 0) is 27.2 Å².